The Bertz CT molecular complexity index is 2070. The zero-order valence-corrected chi connectivity index (χ0v) is 24.1. The number of anilines is 3. The van der Waals surface area contributed by atoms with Gasteiger partial charge in [0.15, 0.2) is 0 Å². The molecule has 0 saturated carbocycles. The highest BCUT2D eigenvalue weighted by Crippen LogP contribution is 2.54. The molecular formula is C37H26N4S. The molecule has 0 fully saturated rings. The molecule has 42 heavy (non-hydrogen) atoms. The fraction of sp³-hybridized carbons (Fsp3) is 0.0811. The first-order valence-corrected chi connectivity index (χ1v) is 14.6. The van der Waals surface area contributed by atoms with Gasteiger partial charge in [0, 0.05) is 37.6 Å². The van der Waals surface area contributed by atoms with Gasteiger partial charge in [-0.25, -0.2) is 0 Å². The molecule has 0 bridgehead atoms. The van der Waals surface area contributed by atoms with Crippen LogP contribution in [0.4, 0.5) is 17.2 Å². The molecule has 1 aliphatic rings. The lowest BCUT2D eigenvalue weighted by Crippen LogP contribution is -2.17. The molecule has 0 saturated heterocycles. The summed E-state index contributed by atoms with van der Waals surface area (Å²) >= 11 is 1.64. The number of aromatic nitrogens is 1. The van der Waals surface area contributed by atoms with Crippen LogP contribution in [0.15, 0.2) is 121 Å². The number of hydrogen-bond acceptors (Lipinski definition) is 4. The lowest BCUT2D eigenvalue weighted by molar-refractivity contribution is 0.661. The molecule has 0 spiro atoms. The number of rotatable bonds is 5. The Labute approximate surface area is 249 Å². The SMILES string of the molecule is CC1(C)c2cc(N(c3ccccc3)c3cc4ccccc4n3-c3ccccc3)ccc2-c2sc(C=C(C#N)C#N)cc21. The quantitative estimate of drug-likeness (QED) is 0.198. The summed E-state index contributed by atoms with van der Waals surface area (Å²) in [5.41, 5.74) is 8.00. The van der Waals surface area contributed by atoms with Crippen molar-refractivity contribution in [2.24, 2.45) is 0 Å². The summed E-state index contributed by atoms with van der Waals surface area (Å²) in [6.07, 6.45) is 1.69. The molecule has 4 nitrogen and oxygen atoms in total. The normalized spacial score (nSPS) is 12.7. The summed E-state index contributed by atoms with van der Waals surface area (Å²) in [5, 5.41) is 19.7. The summed E-state index contributed by atoms with van der Waals surface area (Å²) in [7, 11) is 0. The molecule has 2 heterocycles. The van der Waals surface area contributed by atoms with Gasteiger partial charge in [-0.3, -0.25) is 9.47 Å². The summed E-state index contributed by atoms with van der Waals surface area (Å²) in [6, 6.07) is 44.7. The number of allylic oxidation sites excluding steroid dienone is 1. The predicted octanol–water partition coefficient (Wildman–Crippen LogP) is 9.90. The summed E-state index contributed by atoms with van der Waals surface area (Å²) < 4.78 is 2.33. The molecule has 0 N–H and O–H groups in total. The van der Waals surface area contributed by atoms with Gasteiger partial charge in [0.1, 0.15) is 23.5 Å². The van der Waals surface area contributed by atoms with Crippen molar-refractivity contribution in [2.45, 2.75) is 19.3 Å². The van der Waals surface area contributed by atoms with Gasteiger partial charge in [-0.1, -0.05) is 74.5 Å². The van der Waals surface area contributed by atoms with Crippen LogP contribution < -0.4 is 4.90 Å². The zero-order chi connectivity index (χ0) is 28.8. The first-order chi connectivity index (χ1) is 20.5. The molecule has 200 valence electrons. The van der Waals surface area contributed by atoms with E-state index >= 15 is 0 Å². The maximum atomic E-state index is 9.26. The van der Waals surface area contributed by atoms with E-state index in [1.807, 2.05) is 24.3 Å². The van der Waals surface area contributed by atoms with Gasteiger partial charge in [-0.05, 0) is 77.4 Å². The monoisotopic (exact) mass is 558 g/mol. The van der Waals surface area contributed by atoms with Crippen molar-refractivity contribution in [2.75, 3.05) is 4.90 Å². The smallest absolute Gasteiger partial charge is 0.131 e. The van der Waals surface area contributed by atoms with Crippen LogP contribution in [-0.4, -0.2) is 4.57 Å². The fourth-order valence-corrected chi connectivity index (χ4v) is 7.35. The third-order valence-corrected chi connectivity index (χ3v) is 9.20. The molecule has 5 heteroatoms. The molecular weight excluding hydrogens is 533 g/mol. The van der Waals surface area contributed by atoms with Gasteiger partial charge < -0.3 is 0 Å². The number of thiophene rings is 1. The number of hydrogen-bond donors (Lipinski definition) is 0. The van der Waals surface area contributed by atoms with Crippen LogP contribution in [0.5, 0.6) is 0 Å². The summed E-state index contributed by atoms with van der Waals surface area (Å²) in [5.74, 6) is 1.06. The molecule has 0 aliphatic heterocycles. The number of fused-ring (bicyclic) bond motifs is 4. The molecule has 6 aromatic rings. The third kappa shape index (κ3) is 4.03. The Morgan fingerprint density at radius 1 is 0.762 bits per heavy atom. The van der Waals surface area contributed by atoms with E-state index in [1.165, 1.54) is 27.0 Å². The highest BCUT2D eigenvalue weighted by atomic mass is 32.1. The van der Waals surface area contributed by atoms with Crippen molar-refractivity contribution in [1.29, 1.82) is 10.5 Å². The highest BCUT2D eigenvalue weighted by molar-refractivity contribution is 7.16. The molecule has 0 atom stereocenters. The maximum absolute atomic E-state index is 9.26. The first-order valence-electron chi connectivity index (χ1n) is 13.8. The zero-order valence-electron chi connectivity index (χ0n) is 23.2. The van der Waals surface area contributed by atoms with Gasteiger partial charge in [-0.2, -0.15) is 10.5 Å². The van der Waals surface area contributed by atoms with Crippen molar-refractivity contribution in [3.63, 3.8) is 0 Å². The lowest BCUT2D eigenvalue weighted by atomic mass is 9.82. The van der Waals surface area contributed by atoms with Gasteiger partial charge in [-0.15, -0.1) is 11.3 Å². The molecule has 4 aromatic carbocycles. The second kappa shape index (κ2) is 9.93. The van der Waals surface area contributed by atoms with E-state index in [1.54, 1.807) is 17.4 Å². The topological polar surface area (TPSA) is 55.8 Å². The van der Waals surface area contributed by atoms with E-state index in [4.69, 9.17) is 0 Å². The number of benzene rings is 4. The summed E-state index contributed by atoms with van der Waals surface area (Å²) in [4.78, 5) is 4.47. The largest absolute Gasteiger partial charge is 0.296 e. The van der Waals surface area contributed by atoms with Crippen LogP contribution in [-0.2, 0) is 5.41 Å². The average molecular weight is 559 g/mol. The fourth-order valence-electron chi connectivity index (χ4n) is 6.05. The lowest BCUT2D eigenvalue weighted by Gasteiger charge is -2.29. The molecule has 7 rings (SSSR count). The van der Waals surface area contributed by atoms with Gasteiger partial charge in [0.05, 0.1) is 5.52 Å². The standard InChI is InChI=1S/C37H26N4S/c1-37(2)32-21-29(17-18-31(32)36-33(37)22-30(42-36)19-25(23-38)24-39)40(27-12-5-3-6-13-27)35-20-26-11-9-10-16-34(26)41(35)28-14-7-4-8-15-28/h3-22H,1-2H3. The van der Waals surface area contributed by atoms with E-state index in [0.717, 1.165) is 33.3 Å². The highest BCUT2D eigenvalue weighted by Gasteiger charge is 2.38. The molecule has 1 aliphatic carbocycles. The Kier molecular flexibility index (Phi) is 6.05. The van der Waals surface area contributed by atoms with Crippen molar-refractivity contribution in [3.05, 3.63) is 137 Å². The number of nitriles is 2. The maximum Gasteiger partial charge on any atom is 0.131 e. The minimum atomic E-state index is -0.239. The van der Waals surface area contributed by atoms with Crippen molar-refractivity contribution in [3.8, 4) is 28.3 Å². The van der Waals surface area contributed by atoms with E-state index < -0.39 is 0 Å². The van der Waals surface area contributed by atoms with E-state index in [-0.39, 0.29) is 11.0 Å². The Balaban J connectivity index is 1.43. The minimum absolute atomic E-state index is 0.121. The van der Waals surface area contributed by atoms with Gasteiger partial charge >= 0.3 is 0 Å². The van der Waals surface area contributed by atoms with Crippen LogP contribution in [0.2, 0.25) is 0 Å². The Morgan fingerprint density at radius 2 is 1.45 bits per heavy atom. The second-order valence-electron chi connectivity index (χ2n) is 10.9. The van der Waals surface area contributed by atoms with Crippen molar-refractivity contribution in [1.82, 2.24) is 4.57 Å². The predicted molar refractivity (Wildman–Crippen MR) is 173 cm³/mol. The number of nitrogens with zero attached hydrogens (tertiary/aromatic N) is 4. The summed E-state index contributed by atoms with van der Waals surface area (Å²) in [6.45, 7) is 4.51. The van der Waals surface area contributed by atoms with Crippen LogP contribution >= 0.6 is 11.3 Å². The minimum Gasteiger partial charge on any atom is -0.296 e. The van der Waals surface area contributed by atoms with Crippen molar-refractivity contribution >= 4 is 45.5 Å². The Morgan fingerprint density at radius 3 is 2.19 bits per heavy atom. The molecule has 0 amide bonds. The third-order valence-electron chi connectivity index (χ3n) is 8.08. The van der Waals surface area contributed by atoms with Crippen LogP contribution in [0.3, 0.4) is 0 Å². The van der Waals surface area contributed by atoms with Crippen molar-refractivity contribution < 1.29 is 0 Å². The Hall–Kier alpha value is -5.36. The number of para-hydroxylation sites is 3. The van der Waals surface area contributed by atoms with Crippen LogP contribution in [0.1, 0.15) is 29.9 Å². The average Bonchev–Trinajstić information content (AvgIpc) is 3.68. The second-order valence-corrected chi connectivity index (χ2v) is 12.0. The molecule has 0 unspecified atom stereocenters. The van der Waals surface area contributed by atoms with Crippen LogP contribution in [0.25, 0.3) is 33.1 Å². The van der Waals surface area contributed by atoms with Crippen LogP contribution in [0, 0.1) is 22.7 Å². The first kappa shape index (κ1) is 25.6. The van der Waals surface area contributed by atoms with E-state index in [0.29, 0.717) is 0 Å². The van der Waals surface area contributed by atoms with E-state index in [9.17, 15) is 10.5 Å². The molecule has 0 radical (unpaired) electrons. The van der Waals surface area contributed by atoms with Gasteiger partial charge in [0.2, 0.25) is 0 Å². The van der Waals surface area contributed by atoms with E-state index in [2.05, 4.69) is 126 Å². The van der Waals surface area contributed by atoms with Gasteiger partial charge in [0.25, 0.3) is 0 Å². The molecule has 2 aromatic heterocycles.